The van der Waals surface area contributed by atoms with Crippen LogP contribution in [0.25, 0.3) is 11.0 Å². The Kier molecular flexibility index (Phi) is 4.17. The Morgan fingerprint density at radius 2 is 2.22 bits per heavy atom. The van der Waals surface area contributed by atoms with Crippen LogP contribution in [0.4, 0.5) is 4.79 Å². The van der Waals surface area contributed by atoms with Crippen LogP contribution in [0, 0.1) is 0 Å². The van der Waals surface area contributed by atoms with Gasteiger partial charge in [-0.2, -0.15) is 0 Å². The molecule has 7 heteroatoms. The number of hydrogen-bond donors (Lipinski definition) is 2. The van der Waals surface area contributed by atoms with E-state index in [1.807, 2.05) is 19.1 Å². The molecule has 23 heavy (non-hydrogen) atoms. The van der Waals surface area contributed by atoms with Crippen molar-refractivity contribution in [2.24, 2.45) is 0 Å². The lowest BCUT2D eigenvalue weighted by Gasteiger charge is -2.15. The molecular formula is C16H18ClN3O3. The Hall–Kier alpha value is -2.21. The molecule has 0 bridgehead atoms. The summed E-state index contributed by atoms with van der Waals surface area (Å²) in [7, 11) is 1.73. The molecule has 1 aliphatic heterocycles. The minimum Gasteiger partial charge on any atom is -0.459 e. The van der Waals surface area contributed by atoms with E-state index in [4.69, 9.17) is 16.0 Å². The van der Waals surface area contributed by atoms with Crippen LogP contribution in [0.3, 0.4) is 0 Å². The maximum Gasteiger partial charge on any atom is 0.316 e. The molecule has 0 aliphatic carbocycles. The SMILES string of the molecule is C[C@@H](NC(=O)N[C@@H]1CCN(C)C1=O)c1cc2cc(Cl)ccc2o1. The van der Waals surface area contributed by atoms with Crippen molar-refractivity contribution in [2.45, 2.75) is 25.4 Å². The third-order valence-corrected chi connectivity index (χ3v) is 4.24. The van der Waals surface area contributed by atoms with Gasteiger partial charge in [0.15, 0.2) is 0 Å². The molecular weight excluding hydrogens is 318 g/mol. The molecule has 122 valence electrons. The van der Waals surface area contributed by atoms with Crippen LogP contribution in [0.1, 0.15) is 25.1 Å². The number of amides is 3. The van der Waals surface area contributed by atoms with Crippen LogP contribution in [-0.4, -0.2) is 36.5 Å². The zero-order valence-corrected chi connectivity index (χ0v) is 13.7. The fourth-order valence-corrected chi connectivity index (χ4v) is 2.85. The van der Waals surface area contributed by atoms with Crippen LogP contribution in [0.5, 0.6) is 0 Å². The number of rotatable bonds is 3. The van der Waals surface area contributed by atoms with Gasteiger partial charge < -0.3 is 20.0 Å². The molecule has 1 aromatic carbocycles. The minimum atomic E-state index is -0.457. The third kappa shape index (κ3) is 3.27. The van der Waals surface area contributed by atoms with Gasteiger partial charge in [-0.1, -0.05) is 11.6 Å². The van der Waals surface area contributed by atoms with Crippen molar-refractivity contribution >= 4 is 34.5 Å². The van der Waals surface area contributed by atoms with Gasteiger partial charge in [0.2, 0.25) is 5.91 Å². The van der Waals surface area contributed by atoms with E-state index >= 15 is 0 Å². The standard InChI is InChI=1S/C16H18ClN3O3/c1-9(14-8-10-7-11(17)3-4-13(10)23-14)18-16(22)19-12-5-6-20(2)15(12)21/h3-4,7-9,12H,5-6H2,1-2H3,(H2,18,19,22)/t9-,12-/m1/s1. The van der Waals surface area contributed by atoms with E-state index < -0.39 is 6.04 Å². The Bertz CT molecular complexity index is 758. The molecule has 1 saturated heterocycles. The monoisotopic (exact) mass is 335 g/mol. The van der Waals surface area contributed by atoms with Crippen molar-refractivity contribution < 1.29 is 14.0 Å². The third-order valence-electron chi connectivity index (χ3n) is 4.00. The molecule has 1 fully saturated rings. The van der Waals surface area contributed by atoms with Gasteiger partial charge in [-0.25, -0.2) is 4.79 Å². The predicted octanol–water partition coefficient (Wildman–Crippen LogP) is 2.68. The molecule has 0 unspecified atom stereocenters. The summed E-state index contributed by atoms with van der Waals surface area (Å²) in [4.78, 5) is 25.5. The first-order valence-corrected chi connectivity index (χ1v) is 7.83. The fourth-order valence-electron chi connectivity index (χ4n) is 2.67. The van der Waals surface area contributed by atoms with Crippen molar-refractivity contribution in [1.82, 2.24) is 15.5 Å². The van der Waals surface area contributed by atoms with Crippen LogP contribution in [0.2, 0.25) is 5.02 Å². The van der Waals surface area contributed by atoms with Crippen molar-refractivity contribution in [3.63, 3.8) is 0 Å². The molecule has 2 heterocycles. The van der Waals surface area contributed by atoms with Crippen molar-refractivity contribution in [3.05, 3.63) is 35.0 Å². The number of nitrogens with one attached hydrogen (secondary N) is 2. The van der Waals surface area contributed by atoms with E-state index in [9.17, 15) is 9.59 Å². The van der Waals surface area contributed by atoms with Crippen molar-refractivity contribution in [2.75, 3.05) is 13.6 Å². The van der Waals surface area contributed by atoms with Gasteiger partial charge in [0.05, 0.1) is 6.04 Å². The summed E-state index contributed by atoms with van der Waals surface area (Å²) in [5, 5.41) is 7.00. The summed E-state index contributed by atoms with van der Waals surface area (Å²) in [6.07, 6.45) is 0.625. The van der Waals surface area contributed by atoms with Crippen molar-refractivity contribution in [3.8, 4) is 0 Å². The highest BCUT2D eigenvalue weighted by Crippen LogP contribution is 2.26. The zero-order valence-electron chi connectivity index (χ0n) is 12.9. The number of hydrogen-bond acceptors (Lipinski definition) is 3. The lowest BCUT2D eigenvalue weighted by atomic mass is 10.2. The number of benzene rings is 1. The molecule has 0 spiro atoms. The Balaban J connectivity index is 1.64. The van der Waals surface area contributed by atoms with Crippen LogP contribution in [-0.2, 0) is 4.79 Å². The average molecular weight is 336 g/mol. The van der Waals surface area contributed by atoms with E-state index in [2.05, 4.69) is 10.6 Å². The lowest BCUT2D eigenvalue weighted by molar-refractivity contribution is -0.128. The van der Waals surface area contributed by atoms with E-state index in [0.717, 1.165) is 5.39 Å². The number of furan rings is 1. The van der Waals surface area contributed by atoms with Crippen LogP contribution in [0.15, 0.2) is 28.7 Å². The first-order chi connectivity index (χ1) is 10.9. The fraction of sp³-hybridized carbons (Fsp3) is 0.375. The molecule has 3 amide bonds. The Morgan fingerprint density at radius 1 is 1.43 bits per heavy atom. The molecule has 6 nitrogen and oxygen atoms in total. The number of carbonyl (C=O) groups excluding carboxylic acids is 2. The zero-order chi connectivity index (χ0) is 16.6. The summed E-state index contributed by atoms with van der Waals surface area (Å²) < 4.78 is 5.72. The Morgan fingerprint density at radius 3 is 2.91 bits per heavy atom. The van der Waals surface area contributed by atoms with Crippen LogP contribution < -0.4 is 10.6 Å². The van der Waals surface area contributed by atoms with Gasteiger partial charge >= 0.3 is 6.03 Å². The minimum absolute atomic E-state index is 0.0637. The second-order valence-electron chi connectivity index (χ2n) is 5.77. The maximum absolute atomic E-state index is 12.0. The van der Waals surface area contributed by atoms with Gasteiger partial charge in [0.25, 0.3) is 0 Å². The number of halogens is 1. The summed E-state index contributed by atoms with van der Waals surface area (Å²) in [6, 6.07) is 6.04. The summed E-state index contributed by atoms with van der Waals surface area (Å²) in [5.74, 6) is 0.568. The summed E-state index contributed by atoms with van der Waals surface area (Å²) >= 11 is 5.96. The Labute approximate surface area is 138 Å². The van der Waals surface area contributed by atoms with Crippen molar-refractivity contribution in [1.29, 1.82) is 0 Å². The second-order valence-corrected chi connectivity index (χ2v) is 6.21. The summed E-state index contributed by atoms with van der Waals surface area (Å²) in [5.41, 5.74) is 0.714. The molecule has 0 saturated carbocycles. The normalized spacial score (nSPS) is 19.2. The first-order valence-electron chi connectivity index (χ1n) is 7.45. The van der Waals surface area contributed by atoms with Gasteiger partial charge in [-0.15, -0.1) is 0 Å². The molecule has 2 N–H and O–H groups in total. The van der Waals surface area contributed by atoms with E-state index in [-0.39, 0.29) is 18.0 Å². The van der Waals surface area contributed by atoms with Gasteiger partial charge in [-0.05, 0) is 37.6 Å². The number of urea groups is 1. The van der Waals surface area contributed by atoms with E-state index in [1.54, 1.807) is 24.1 Å². The van der Waals surface area contributed by atoms with Gasteiger partial charge in [-0.3, -0.25) is 4.79 Å². The molecule has 3 rings (SSSR count). The van der Waals surface area contributed by atoms with Crippen LogP contribution >= 0.6 is 11.6 Å². The molecule has 1 aromatic heterocycles. The maximum atomic E-state index is 12.0. The topological polar surface area (TPSA) is 74.6 Å². The smallest absolute Gasteiger partial charge is 0.316 e. The summed E-state index contributed by atoms with van der Waals surface area (Å²) in [6.45, 7) is 2.48. The molecule has 1 aliphatic rings. The highest BCUT2D eigenvalue weighted by Gasteiger charge is 2.30. The number of fused-ring (bicyclic) bond motifs is 1. The number of likely N-dealkylation sites (tertiary alicyclic amines) is 1. The molecule has 0 radical (unpaired) electrons. The molecule has 2 atom stereocenters. The van der Waals surface area contributed by atoms with Gasteiger partial charge in [0, 0.05) is 24.0 Å². The highest BCUT2D eigenvalue weighted by molar-refractivity contribution is 6.31. The highest BCUT2D eigenvalue weighted by atomic mass is 35.5. The van der Waals surface area contributed by atoms with E-state index in [1.165, 1.54) is 0 Å². The second kappa shape index (κ2) is 6.12. The predicted molar refractivity (Wildman–Crippen MR) is 87.3 cm³/mol. The first kappa shape index (κ1) is 15.7. The largest absolute Gasteiger partial charge is 0.459 e. The number of nitrogens with zero attached hydrogens (tertiary/aromatic N) is 1. The molecule has 2 aromatic rings. The number of carbonyl (C=O) groups is 2. The lowest BCUT2D eigenvalue weighted by Crippen LogP contribution is -2.46. The van der Waals surface area contributed by atoms with E-state index in [0.29, 0.717) is 29.3 Å². The quantitative estimate of drug-likeness (QED) is 0.905. The average Bonchev–Trinajstić information content (AvgIpc) is 3.05. The number of likely N-dealkylation sites (N-methyl/N-ethyl adjacent to an activating group) is 1. The van der Waals surface area contributed by atoms with Gasteiger partial charge in [0.1, 0.15) is 17.4 Å².